The molecule has 7 heteroatoms. The third-order valence-electron chi connectivity index (χ3n) is 5.58. The summed E-state index contributed by atoms with van der Waals surface area (Å²) in [5, 5.41) is 14.8. The summed E-state index contributed by atoms with van der Waals surface area (Å²) in [6, 6.07) is 9.73. The average molecular weight is 409 g/mol. The van der Waals surface area contributed by atoms with Gasteiger partial charge in [-0.3, -0.25) is 9.78 Å². The Kier molecular flexibility index (Phi) is 6.42. The molecular weight excluding hydrogens is 380 g/mol. The minimum Gasteiger partial charge on any atom is -0.387 e. The number of nitrogens with zero attached hydrogens (tertiary/aromatic N) is 2. The Bertz CT molecular complexity index is 983. The molecule has 7 nitrogen and oxygen atoms in total. The number of carbonyl (C=O) groups is 1. The Hall–Kier alpha value is -2.74. The predicted octanol–water partition coefficient (Wildman–Crippen LogP) is 2.29. The molecule has 0 unspecified atom stereocenters. The fourth-order valence-corrected chi connectivity index (χ4v) is 3.90. The quantitative estimate of drug-likeness (QED) is 0.558. The number of amides is 1. The van der Waals surface area contributed by atoms with Gasteiger partial charge >= 0.3 is 0 Å². The van der Waals surface area contributed by atoms with E-state index in [-0.39, 0.29) is 11.9 Å². The van der Waals surface area contributed by atoms with Crippen molar-refractivity contribution in [1.82, 2.24) is 20.2 Å². The van der Waals surface area contributed by atoms with E-state index in [1.165, 1.54) is 0 Å². The van der Waals surface area contributed by atoms with Crippen LogP contribution in [0.2, 0.25) is 0 Å². The van der Waals surface area contributed by atoms with Gasteiger partial charge in [0.1, 0.15) is 0 Å². The van der Waals surface area contributed by atoms with E-state index in [1.807, 2.05) is 35.4 Å². The van der Waals surface area contributed by atoms with Crippen molar-refractivity contribution < 1.29 is 14.6 Å². The van der Waals surface area contributed by atoms with Crippen LogP contribution in [0.1, 0.15) is 34.5 Å². The summed E-state index contributed by atoms with van der Waals surface area (Å²) in [6.07, 6.45) is 5.55. The Balaban J connectivity index is 1.43. The van der Waals surface area contributed by atoms with E-state index >= 15 is 0 Å². The number of pyridine rings is 1. The monoisotopic (exact) mass is 408 g/mol. The fraction of sp³-hybridized carbons (Fsp3) is 0.391. The summed E-state index contributed by atoms with van der Waals surface area (Å²) in [4.78, 5) is 22.2. The van der Waals surface area contributed by atoms with Gasteiger partial charge in [0.05, 0.1) is 30.4 Å². The molecule has 0 spiro atoms. The fourth-order valence-electron chi connectivity index (χ4n) is 3.90. The van der Waals surface area contributed by atoms with Crippen LogP contribution in [0.4, 0.5) is 0 Å². The number of ether oxygens (including phenoxy) is 1. The molecule has 1 fully saturated rings. The summed E-state index contributed by atoms with van der Waals surface area (Å²) in [5.41, 5.74) is 3.54. The number of hydrogen-bond donors (Lipinski definition) is 3. The first kappa shape index (κ1) is 20.5. The SMILES string of the molecule is C[C@H](Cc1c[nH]c2c(C(=O)N3CCOCC3)cccc12)NC[C@@H](O)c1cccnc1. The lowest BCUT2D eigenvalue weighted by Crippen LogP contribution is -2.40. The molecule has 4 rings (SSSR count). The van der Waals surface area contributed by atoms with Gasteiger partial charge < -0.3 is 25.0 Å². The molecule has 1 aliphatic heterocycles. The molecule has 1 aromatic carbocycles. The number of aliphatic hydroxyl groups is 1. The van der Waals surface area contributed by atoms with Gasteiger partial charge in [-0.25, -0.2) is 0 Å². The molecule has 3 N–H and O–H groups in total. The van der Waals surface area contributed by atoms with Gasteiger partial charge in [0, 0.05) is 55.2 Å². The van der Waals surface area contributed by atoms with Crippen molar-refractivity contribution in [1.29, 1.82) is 0 Å². The van der Waals surface area contributed by atoms with Crippen molar-refractivity contribution in [3.63, 3.8) is 0 Å². The van der Waals surface area contributed by atoms with Crippen LogP contribution in [-0.4, -0.2) is 64.8 Å². The van der Waals surface area contributed by atoms with Crippen molar-refractivity contribution in [3.05, 3.63) is 65.6 Å². The zero-order chi connectivity index (χ0) is 20.9. The molecule has 1 amide bonds. The molecule has 1 saturated heterocycles. The molecule has 0 bridgehead atoms. The van der Waals surface area contributed by atoms with Gasteiger partial charge in [0.15, 0.2) is 0 Å². The van der Waals surface area contributed by atoms with Crippen LogP contribution in [-0.2, 0) is 11.2 Å². The third-order valence-corrected chi connectivity index (χ3v) is 5.58. The number of hydrogen-bond acceptors (Lipinski definition) is 5. The number of rotatable bonds is 7. The highest BCUT2D eigenvalue weighted by molar-refractivity contribution is 6.06. The minimum absolute atomic E-state index is 0.0445. The zero-order valence-electron chi connectivity index (χ0n) is 17.2. The van der Waals surface area contributed by atoms with Gasteiger partial charge in [0.25, 0.3) is 5.91 Å². The molecule has 1 aliphatic rings. The van der Waals surface area contributed by atoms with E-state index in [0.29, 0.717) is 38.4 Å². The zero-order valence-corrected chi connectivity index (χ0v) is 17.2. The van der Waals surface area contributed by atoms with Crippen molar-refractivity contribution >= 4 is 16.8 Å². The molecule has 2 aromatic heterocycles. The molecule has 0 saturated carbocycles. The van der Waals surface area contributed by atoms with Crippen LogP contribution in [0.15, 0.2) is 48.9 Å². The Morgan fingerprint density at radius 2 is 2.13 bits per heavy atom. The van der Waals surface area contributed by atoms with Gasteiger partial charge in [-0.2, -0.15) is 0 Å². The summed E-state index contributed by atoms with van der Waals surface area (Å²) in [7, 11) is 0. The van der Waals surface area contributed by atoms with Crippen molar-refractivity contribution in [3.8, 4) is 0 Å². The number of aliphatic hydroxyl groups excluding tert-OH is 1. The molecule has 0 radical (unpaired) electrons. The lowest BCUT2D eigenvalue weighted by Gasteiger charge is -2.27. The maximum atomic E-state index is 13.0. The summed E-state index contributed by atoms with van der Waals surface area (Å²) in [6.45, 7) is 4.98. The maximum Gasteiger partial charge on any atom is 0.256 e. The smallest absolute Gasteiger partial charge is 0.256 e. The standard InChI is InChI=1S/C23H28N4O3/c1-16(25-15-21(28)17-4-3-7-24-13-17)12-18-14-26-22-19(18)5-2-6-20(22)23(29)27-8-10-30-11-9-27/h2-7,13-14,16,21,25-26,28H,8-12,15H2,1H3/t16-,21-/m1/s1. The number of aromatic nitrogens is 2. The number of nitrogens with one attached hydrogen (secondary N) is 2. The van der Waals surface area contributed by atoms with E-state index in [4.69, 9.17) is 4.74 Å². The van der Waals surface area contributed by atoms with Crippen molar-refractivity contribution in [2.24, 2.45) is 0 Å². The number of H-pyrrole nitrogens is 1. The molecule has 2 atom stereocenters. The van der Waals surface area contributed by atoms with Gasteiger partial charge in [-0.15, -0.1) is 0 Å². The Morgan fingerprint density at radius 1 is 1.30 bits per heavy atom. The van der Waals surface area contributed by atoms with Crippen molar-refractivity contribution in [2.75, 3.05) is 32.8 Å². The second-order valence-corrected chi connectivity index (χ2v) is 7.76. The predicted molar refractivity (Wildman–Crippen MR) is 115 cm³/mol. The highest BCUT2D eigenvalue weighted by atomic mass is 16.5. The largest absolute Gasteiger partial charge is 0.387 e. The highest BCUT2D eigenvalue weighted by Crippen LogP contribution is 2.24. The number of benzene rings is 1. The van der Waals surface area contributed by atoms with E-state index in [1.54, 1.807) is 12.4 Å². The number of morpholine rings is 1. The minimum atomic E-state index is -0.595. The van der Waals surface area contributed by atoms with Crippen molar-refractivity contribution in [2.45, 2.75) is 25.5 Å². The first-order chi connectivity index (χ1) is 14.6. The second kappa shape index (κ2) is 9.38. The van der Waals surface area contributed by atoms with Crippen LogP contribution < -0.4 is 5.32 Å². The molecular formula is C23H28N4O3. The van der Waals surface area contributed by atoms with Crippen LogP contribution in [0.25, 0.3) is 10.9 Å². The average Bonchev–Trinajstić information content (AvgIpc) is 3.21. The van der Waals surface area contributed by atoms with Crippen LogP contribution in [0.3, 0.4) is 0 Å². The Labute approximate surface area is 176 Å². The normalized spacial score (nSPS) is 16.5. The first-order valence-electron chi connectivity index (χ1n) is 10.4. The van der Waals surface area contributed by atoms with Crippen LogP contribution in [0.5, 0.6) is 0 Å². The van der Waals surface area contributed by atoms with E-state index in [2.05, 4.69) is 28.3 Å². The molecule has 3 heterocycles. The van der Waals surface area contributed by atoms with E-state index in [9.17, 15) is 9.90 Å². The number of para-hydroxylation sites is 1. The lowest BCUT2D eigenvalue weighted by molar-refractivity contribution is 0.0304. The molecule has 30 heavy (non-hydrogen) atoms. The summed E-state index contributed by atoms with van der Waals surface area (Å²) >= 11 is 0. The van der Waals surface area contributed by atoms with Gasteiger partial charge in [0.2, 0.25) is 0 Å². The van der Waals surface area contributed by atoms with Crippen LogP contribution in [0, 0.1) is 0 Å². The van der Waals surface area contributed by atoms with Gasteiger partial charge in [-0.1, -0.05) is 18.2 Å². The number of fused-ring (bicyclic) bond motifs is 1. The summed E-state index contributed by atoms with van der Waals surface area (Å²) in [5.74, 6) is 0.0445. The number of carbonyl (C=O) groups excluding carboxylic acids is 1. The molecule has 158 valence electrons. The topological polar surface area (TPSA) is 90.5 Å². The summed E-state index contributed by atoms with van der Waals surface area (Å²) < 4.78 is 5.36. The first-order valence-corrected chi connectivity index (χ1v) is 10.4. The second-order valence-electron chi connectivity index (χ2n) is 7.76. The molecule has 0 aliphatic carbocycles. The highest BCUT2D eigenvalue weighted by Gasteiger charge is 2.21. The number of aromatic amines is 1. The Morgan fingerprint density at radius 3 is 2.90 bits per heavy atom. The van der Waals surface area contributed by atoms with Crippen LogP contribution >= 0.6 is 0 Å². The maximum absolute atomic E-state index is 13.0. The lowest BCUT2D eigenvalue weighted by atomic mass is 10.0. The third kappa shape index (κ3) is 4.53. The van der Waals surface area contributed by atoms with E-state index < -0.39 is 6.10 Å². The van der Waals surface area contributed by atoms with E-state index in [0.717, 1.165) is 28.5 Å². The molecule has 3 aromatic rings. The van der Waals surface area contributed by atoms with Gasteiger partial charge in [-0.05, 0) is 31.0 Å².